The molecule has 2 N–H and O–H groups in total. The molecule has 0 radical (unpaired) electrons. The van der Waals surface area contributed by atoms with Gasteiger partial charge in [0.25, 0.3) is 0 Å². The largest absolute Gasteiger partial charge is 0.329 e. The van der Waals surface area contributed by atoms with Gasteiger partial charge in [-0.1, -0.05) is 6.92 Å². The molecule has 0 aliphatic rings. The molecule has 2 nitrogen and oxygen atoms in total. The lowest BCUT2D eigenvalue weighted by molar-refractivity contribution is 0.240. The Morgan fingerprint density at radius 1 is 1.44 bits per heavy atom. The SMILES string of the molecule is CCN(CCN)C(C)C. The van der Waals surface area contributed by atoms with E-state index in [-0.39, 0.29) is 0 Å². The summed E-state index contributed by atoms with van der Waals surface area (Å²) in [7, 11) is 0. The minimum atomic E-state index is 0.638. The van der Waals surface area contributed by atoms with Crippen LogP contribution in [0.4, 0.5) is 0 Å². The van der Waals surface area contributed by atoms with E-state index < -0.39 is 0 Å². The van der Waals surface area contributed by atoms with Gasteiger partial charge in [0.2, 0.25) is 0 Å². The lowest BCUT2D eigenvalue weighted by atomic mass is 10.3. The predicted octanol–water partition coefficient (Wildman–Crippen LogP) is 0.675. The highest BCUT2D eigenvalue weighted by Crippen LogP contribution is 1.94. The third-order valence-electron chi connectivity index (χ3n) is 1.55. The average molecular weight is 130 g/mol. The van der Waals surface area contributed by atoms with E-state index in [9.17, 15) is 0 Å². The minimum Gasteiger partial charge on any atom is -0.329 e. The molecule has 0 aliphatic carbocycles. The van der Waals surface area contributed by atoms with Gasteiger partial charge in [-0.3, -0.25) is 4.90 Å². The van der Waals surface area contributed by atoms with Crippen molar-refractivity contribution in [2.24, 2.45) is 5.73 Å². The van der Waals surface area contributed by atoms with Crippen molar-refractivity contribution in [2.45, 2.75) is 26.8 Å². The second-order valence-electron chi connectivity index (χ2n) is 2.51. The Balaban J connectivity index is 3.41. The highest BCUT2D eigenvalue weighted by Gasteiger charge is 2.03. The average Bonchev–Trinajstić information content (AvgIpc) is 1.82. The van der Waals surface area contributed by atoms with E-state index in [0.717, 1.165) is 19.6 Å². The maximum atomic E-state index is 5.40. The lowest BCUT2D eigenvalue weighted by Gasteiger charge is -2.23. The van der Waals surface area contributed by atoms with Gasteiger partial charge in [-0.25, -0.2) is 0 Å². The van der Waals surface area contributed by atoms with Gasteiger partial charge in [-0.15, -0.1) is 0 Å². The summed E-state index contributed by atoms with van der Waals surface area (Å²) in [4.78, 5) is 2.35. The molecule has 0 fully saturated rings. The molecule has 9 heavy (non-hydrogen) atoms. The quantitative estimate of drug-likeness (QED) is 0.606. The van der Waals surface area contributed by atoms with Crippen LogP contribution in [0.25, 0.3) is 0 Å². The van der Waals surface area contributed by atoms with Crippen LogP contribution < -0.4 is 5.73 Å². The van der Waals surface area contributed by atoms with Gasteiger partial charge >= 0.3 is 0 Å². The molecule has 0 amide bonds. The Labute approximate surface area is 58.0 Å². The van der Waals surface area contributed by atoms with Gasteiger partial charge < -0.3 is 5.73 Å². The van der Waals surface area contributed by atoms with Gasteiger partial charge in [0.15, 0.2) is 0 Å². The van der Waals surface area contributed by atoms with Gasteiger partial charge in [0.05, 0.1) is 0 Å². The molecule has 0 aromatic rings. The van der Waals surface area contributed by atoms with Crippen molar-refractivity contribution >= 4 is 0 Å². The monoisotopic (exact) mass is 130 g/mol. The number of likely N-dealkylation sites (N-methyl/N-ethyl adjacent to an activating group) is 1. The van der Waals surface area contributed by atoms with Gasteiger partial charge in [-0.2, -0.15) is 0 Å². The molecule has 0 bridgehead atoms. The molecule has 0 saturated carbocycles. The van der Waals surface area contributed by atoms with Crippen LogP contribution in [0.5, 0.6) is 0 Å². The topological polar surface area (TPSA) is 29.3 Å². The summed E-state index contributed by atoms with van der Waals surface area (Å²) in [6.07, 6.45) is 0. The van der Waals surface area contributed by atoms with E-state index in [1.807, 2.05) is 0 Å². The first-order valence-electron chi connectivity index (χ1n) is 3.66. The first kappa shape index (κ1) is 8.92. The standard InChI is InChI=1S/C7H18N2/c1-4-9(6-5-8)7(2)3/h7H,4-6,8H2,1-3H3. The molecular formula is C7H18N2. The molecule has 0 atom stereocenters. The zero-order chi connectivity index (χ0) is 7.28. The molecule has 0 saturated heterocycles. The second-order valence-corrected chi connectivity index (χ2v) is 2.51. The highest BCUT2D eigenvalue weighted by molar-refractivity contribution is 4.59. The smallest absolute Gasteiger partial charge is 0.0107 e. The van der Waals surface area contributed by atoms with Crippen LogP contribution >= 0.6 is 0 Å². The molecule has 0 unspecified atom stereocenters. The van der Waals surface area contributed by atoms with E-state index in [2.05, 4.69) is 25.7 Å². The molecule has 0 spiro atoms. The Morgan fingerprint density at radius 2 is 2.00 bits per heavy atom. The molecule has 2 heteroatoms. The fourth-order valence-electron chi connectivity index (χ4n) is 0.947. The normalized spacial score (nSPS) is 11.3. The van der Waals surface area contributed by atoms with E-state index >= 15 is 0 Å². The van der Waals surface area contributed by atoms with Crippen molar-refractivity contribution in [3.63, 3.8) is 0 Å². The summed E-state index contributed by atoms with van der Waals surface area (Å²) in [6.45, 7) is 9.45. The van der Waals surface area contributed by atoms with E-state index in [1.54, 1.807) is 0 Å². The summed E-state index contributed by atoms with van der Waals surface area (Å²) in [5, 5.41) is 0. The minimum absolute atomic E-state index is 0.638. The van der Waals surface area contributed by atoms with Crippen molar-refractivity contribution in [1.29, 1.82) is 0 Å². The number of nitrogens with zero attached hydrogens (tertiary/aromatic N) is 1. The molecular weight excluding hydrogens is 112 g/mol. The molecule has 0 aliphatic heterocycles. The van der Waals surface area contributed by atoms with Gasteiger partial charge in [-0.05, 0) is 20.4 Å². The Hall–Kier alpha value is -0.0800. The Kier molecular flexibility index (Phi) is 4.72. The summed E-state index contributed by atoms with van der Waals surface area (Å²) < 4.78 is 0. The molecule has 0 rings (SSSR count). The van der Waals surface area contributed by atoms with Gasteiger partial charge in [0.1, 0.15) is 0 Å². The molecule has 56 valence electrons. The second kappa shape index (κ2) is 4.77. The van der Waals surface area contributed by atoms with Crippen LogP contribution in [0.2, 0.25) is 0 Å². The van der Waals surface area contributed by atoms with Crippen molar-refractivity contribution < 1.29 is 0 Å². The van der Waals surface area contributed by atoms with E-state index in [4.69, 9.17) is 5.73 Å². The first-order valence-corrected chi connectivity index (χ1v) is 3.66. The van der Waals surface area contributed by atoms with Gasteiger partial charge in [0, 0.05) is 19.1 Å². The maximum absolute atomic E-state index is 5.40. The van der Waals surface area contributed by atoms with E-state index in [0.29, 0.717) is 6.04 Å². The number of rotatable bonds is 4. The van der Waals surface area contributed by atoms with Crippen molar-refractivity contribution in [2.75, 3.05) is 19.6 Å². The Bertz CT molecular complexity index is 61.9. The zero-order valence-corrected chi connectivity index (χ0v) is 6.72. The highest BCUT2D eigenvalue weighted by atomic mass is 15.1. The third-order valence-corrected chi connectivity index (χ3v) is 1.55. The van der Waals surface area contributed by atoms with Crippen LogP contribution in [0, 0.1) is 0 Å². The Morgan fingerprint density at radius 3 is 2.11 bits per heavy atom. The summed E-state index contributed by atoms with van der Waals surface area (Å²) >= 11 is 0. The number of hydrogen-bond acceptors (Lipinski definition) is 2. The van der Waals surface area contributed by atoms with Crippen LogP contribution in [-0.4, -0.2) is 30.6 Å². The lowest BCUT2D eigenvalue weighted by Crippen LogP contribution is -2.34. The third kappa shape index (κ3) is 3.49. The molecule has 0 heterocycles. The molecule has 0 aromatic heterocycles. The van der Waals surface area contributed by atoms with Crippen molar-refractivity contribution in [1.82, 2.24) is 4.90 Å². The van der Waals surface area contributed by atoms with Crippen LogP contribution in [0.3, 0.4) is 0 Å². The predicted molar refractivity (Wildman–Crippen MR) is 41.4 cm³/mol. The number of hydrogen-bond donors (Lipinski definition) is 1. The summed E-state index contributed by atoms with van der Waals surface area (Å²) in [5.41, 5.74) is 5.40. The fraction of sp³-hybridized carbons (Fsp3) is 1.00. The van der Waals surface area contributed by atoms with Crippen LogP contribution in [0.1, 0.15) is 20.8 Å². The van der Waals surface area contributed by atoms with Crippen molar-refractivity contribution in [3.05, 3.63) is 0 Å². The summed E-state index contributed by atoms with van der Waals surface area (Å²) in [5.74, 6) is 0. The van der Waals surface area contributed by atoms with Crippen molar-refractivity contribution in [3.8, 4) is 0 Å². The molecule has 0 aromatic carbocycles. The summed E-state index contributed by atoms with van der Waals surface area (Å²) in [6, 6.07) is 0.638. The first-order chi connectivity index (χ1) is 4.22. The van der Waals surface area contributed by atoms with Crippen LogP contribution in [-0.2, 0) is 0 Å². The van der Waals surface area contributed by atoms with Crippen LogP contribution in [0.15, 0.2) is 0 Å². The zero-order valence-electron chi connectivity index (χ0n) is 6.72. The van der Waals surface area contributed by atoms with E-state index in [1.165, 1.54) is 0 Å². The maximum Gasteiger partial charge on any atom is 0.0107 e. The number of nitrogens with two attached hydrogens (primary N) is 1. The fourth-order valence-corrected chi connectivity index (χ4v) is 0.947.